The SMILES string of the molecule is Cc1cc(-c2ccc(F)cc2)c(C(=N)N)c2nc(-c3ccc(F)cc3)nn12. The van der Waals surface area contributed by atoms with Crippen molar-refractivity contribution in [3.8, 4) is 22.5 Å². The van der Waals surface area contributed by atoms with E-state index in [4.69, 9.17) is 11.1 Å². The number of hydrogen-bond acceptors (Lipinski definition) is 3. The Morgan fingerprint density at radius 2 is 1.52 bits per heavy atom. The summed E-state index contributed by atoms with van der Waals surface area (Å²) < 4.78 is 28.1. The van der Waals surface area contributed by atoms with Crippen LogP contribution in [0.15, 0.2) is 54.6 Å². The summed E-state index contributed by atoms with van der Waals surface area (Å²) >= 11 is 0. The van der Waals surface area contributed by atoms with Gasteiger partial charge < -0.3 is 5.73 Å². The summed E-state index contributed by atoms with van der Waals surface area (Å²) in [4.78, 5) is 4.53. The molecule has 0 fully saturated rings. The van der Waals surface area contributed by atoms with Crippen molar-refractivity contribution in [3.05, 3.63) is 77.5 Å². The first kappa shape index (κ1) is 16.8. The van der Waals surface area contributed by atoms with Crippen LogP contribution >= 0.6 is 0 Å². The van der Waals surface area contributed by atoms with Gasteiger partial charge in [-0.25, -0.2) is 18.3 Å². The highest BCUT2D eigenvalue weighted by molar-refractivity contribution is 6.07. The summed E-state index contributed by atoms with van der Waals surface area (Å²) in [5, 5.41) is 12.5. The fourth-order valence-electron chi connectivity index (χ4n) is 3.03. The molecule has 2 aromatic carbocycles. The smallest absolute Gasteiger partial charge is 0.182 e. The van der Waals surface area contributed by atoms with E-state index in [1.807, 2.05) is 13.0 Å². The van der Waals surface area contributed by atoms with Crippen molar-refractivity contribution in [2.24, 2.45) is 5.73 Å². The Morgan fingerprint density at radius 1 is 0.963 bits per heavy atom. The molecule has 0 unspecified atom stereocenters. The van der Waals surface area contributed by atoms with Crippen molar-refractivity contribution in [1.82, 2.24) is 14.6 Å². The van der Waals surface area contributed by atoms with Gasteiger partial charge in [-0.15, -0.1) is 5.10 Å². The molecule has 0 amide bonds. The molecule has 0 radical (unpaired) electrons. The summed E-state index contributed by atoms with van der Waals surface area (Å²) in [6.45, 7) is 1.85. The number of fused-ring (bicyclic) bond motifs is 1. The van der Waals surface area contributed by atoms with Crippen molar-refractivity contribution in [2.45, 2.75) is 6.92 Å². The molecule has 0 atom stereocenters. The monoisotopic (exact) mass is 363 g/mol. The van der Waals surface area contributed by atoms with E-state index >= 15 is 0 Å². The van der Waals surface area contributed by atoms with Crippen molar-refractivity contribution < 1.29 is 8.78 Å². The van der Waals surface area contributed by atoms with Gasteiger partial charge in [0.05, 0.1) is 5.56 Å². The zero-order valence-electron chi connectivity index (χ0n) is 14.4. The summed E-state index contributed by atoms with van der Waals surface area (Å²) in [5.74, 6) is -0.460. The molecule has 0 saturated carbocycles. The second-order valence-electron chi connectivity index (χ2n) is 6.17. The van der Waals surface area contributed by atoms with Crippen LogP contribution in [0, 0.1) is 24.0 Å². The summed E-state index contributed by atoms with van der Waals surface area (Å²) in [6.07, 6.45) is 0. The maximum absolute atomic E-state index is 13.3. The fraction of sp³-hybridized carbons (Fsp3) is 0.0500. The topological polar surface area (TPSA) is 80.1 Å². The molecule has 0 aliphatic carbocycles. The van der Waals surface area contributed by atoms with E-state index in [2.05, 4.69) is 10.1 Å². The van der Waals surface area contributed by atoms with E-state index in [1.54, 1.807) is 28.8 Å². The molecule has 2 heterocycles. The summed E-state index contributed by atoms with van der Waals surface area (Å²) in [7, 11) is 0. The average molecular weight is 363 g/mol. The van der Waals surface area contributed by atoms with E-state index < -0.39 is 0 Å². The Balaban J connectivity index is 1.98. The molecule has 4 aromatic rings. The number of pyridine rings is 1. The van der Waals surface area contributed by atoms with Gasteiger partial charge in [-0.1, -0.05) is 12.1 Å². The van der Waals surface area contributed by atoms with Gasteiger partial charge in [-0.05, 0) is 60.5 Å². The molecular weight excluding hydrogens is 348 g/mol. The van der Waals surface area contributed by atoms with Crippen molar-refractivity contribution in [2.75, 3.05) is 0 Å². The van der Waals surface area contributed by atoms with Gasteiger partial charge in [0, 0.05) is 11.3 Å². The molecule has 7 heteroatoms. The molecule has 2 aromatic heterocycles. The molecule has 134 valence electrons. The second kappa shape index (κ2) is 6.28. The predicted octanol–water partition coefficient (Wildman–Crippen LogP) is 3.93. The second-order valence-corrected chi connectivity index (χ2v) is 6.17. The number of nitrogens with one attached hydrogen (secondary N) is 1. The molecule has 0 saturated heterocycles. The van der Waals surface area contributed by atoms with Gasteiger partial charge >= 0.3 is 0 Å². The molecule has 0 spiro atoms. The number of rotatable bonds is 3. The van der Waals surface area contributed by atoms with Crippen LogP contribution < -0.4 is 5.73 Å². The number of nitrogens with zero attached hydrogens (tertiary/aromatic N) is 3. The Bertz CT molecular complexity index is 1160. The molecule has 3 N–H and O–H groups in total. The lowest BCUT2D eigenvalue weighted by atomic mass is 9.99. The number of halogens is 2. The van der Waals surface area contributed by atoms with Crippen molar-refractivity contribution in [3.63, 3.8) is 0 Å². The third kappa shape index (κ3) is 2.93. The van der Waals surface area contributed by atoms with Crippen molar-refractivity contribution in [1.29, 1.82) is 5.41 Å². The Morgan fingerprint density at radius 3 is 2.07 bits per heavy atom. The van der Waals surface area contributed by atoms with Gasteiger partial charge in [0.1, 0.15) is 17.5 Å². The lowest BCUT2D eigenvalue weighted by molar-refractivity contribution is 0.627. The Labute approximate surface area is 153 Å². The maximum atomic E-state index is 13.3. The van der Waals surface area contributed by atoms with Crippen LogP contribution in [0.25, 0.3) is 28.2 Å². The quantitative estimate of drug-likeness (QED) is 0.427. The van der Waals surface area contributed by atoms with E-state index in [-0.39, 0.29) is 17.5 Å². The van der Waals surface area contributed by atoms with Crippen LogP contribution in [0.3, 0.4) is 0 Å². The lowest BCUT2D eigenvalue weighted by Crippen LogP contribution is -2.15. The highest BCUT2D eigenvalue weighted by atomic mass is 19.1. The highest BCUT2D eigenvalue weighted by Crippen LogP contribution is 2.29. The molecule has 0 aliphatic rings. The van der Waals surface area contributed by atoms with Gasteiger partial charge in [0.25, 0.3) is 0 Å². The zero-order chi connectivity index (χ0) is 19.1. The van der Waals surface area contributed by atoms with Gasteiger partial charge in [0.15, 0.2) is 11.5 Å². The molecule has 0 bridgehead atoms. The van der Waals surface area contributed by atoms with Crippen molar-refractivity contribution >= 4 is 11.5 Å². The zero-order valence-corrected chi connectivity index (χ0v) is 14.4. The Hall–Kier alpha value is -3.61. The fourth-order valence-corrected chi connectivity index (χ4v) is 3.03. The van der Waals surface area contributed by atoms with E-state index in [9.17, 15) is 8.78 Å². The van der Waals surface area contributed by atoms with Gasteiger partial charge in [-0.3, -0.25) is 5.41 Å². The lowest BCUT2D eigenvalue weighted by Gasteiger charge is -2.11. The Kier molecular flexibility index (Phi) is 3.92. The highest BCUT2D eigenvalue weighted by Gasteiger charge is 2.19. The number of benzene rings is 2. The number of hydrogen-bond donors (Lipinski definition) is 2. The van der Waals surface area contributed by atoms with Crippen LogP contribution in [-0.2, 0) is 0 Å². The van der Waals surface area contributed by atoms with Crippen LogP contribution in [0.1, 0.15) is 11.3 Å². The first-order chi connectivity index (χ1) is 12.9. The van der Waals surface area contributed by atoms with Crippen LogP contribution in [0.5, 0.6) is 0 Å². The summed E-state index contributed by atoms with van der Waals surface area (Å²) in [6, 6.07) is 13.7. The molecule has 4 rings (SSSR count). The minimum Gasteiger partial charge on any atom is -0.384 e. The van der Waals surface area contributed by atoms with Crippen LogP contribution in [-0.4, -0.2) is 20.4 Å². The molecule has 0 aliphatic heterocycles. The number of nitrogen functional groups attached to an aromatic ring is 1. The maximum Gasteiger partial charge on any atom is 0.182 e. The molecule has 27 heavy (non-hydrogen) atoms. The largest absolute Gasteiger partial charge is 0.384 e. The number of aryl methyl sites for hydroxylation is 1. The first-order valence-electron chi connectivity index (χ1n) is 8.20. The van der Waals surface area contributed by atoms with Crippen LogP contribution in [0.2, 0.25) is 0 Å². The normalized spacial score (nSPS) is 11.1. The molecular formula is C20H15F2N5. The van der Waals surface area contributed by atoms with E-state index in [0.717, 1.165) is 11.3 Å². The minimum atomic E-state index is -0.346. The number of aromatic nitrogens is 3. The minimum absolute atomic E-state index is 0.169. The molecule has 5 nitrogen and oxygen atoms in total. The standard InChI is InChI=1S/C20H15F2N5/c1-11-10-16(12-2-6-14(21)7-3-12)17(18(23)24)20-25-19(26-27(11)20)13-4-8-15(22)9-5-13/h2-10H,1H3,(H3,23,24). The van der Waals surface area contributed by atoms with E-state index in [0.29, 0.717) is 28.2 Å². The third-order valence-electron chi connectivity index (χ3n) is 4.31. The van der Waals surface area contributed by atoms with Crippen LogP contribution in [0.4, 0.5) is 8.78 Å². The van der Waals surface area contributed by atoms with Gasteiger partial charge in [-0.2, -0.15) is 0 Å². The predicted molar refractivity (Wildman–Crippen MR) is 99.5 cm³/mol. The number of nitrogens with two attached hydrogens (primary N) is 1. The third-order valence-corrected chi connectivity index (χ3v) is 4.31. The van der Waals surface area contributed by atoms with Gasteiger partial charge in [0.2, 0.25) is 0 Å². The van der Waals surface area contributed by atoms with E-state index in [1.165, 1.54) is 24.3 Å². The first-order valence-corrected chi connectivity index (χ1v) is 8.20. The number of amidine groups is 1. The summed E-state index contributed by atoms with van der Waals surface area (Å²) in [5.41, 5.74) is 9.49. The average Bonchev–Trinajstić information content (AvgIpc) is 3.08.